The quantitative estimate of drug-likeness (QED) is 0.118. The van der Waals surface area contributed by atoms with Gasteiger partial charge in [-0.25, -0.2) is 0 Å². The third-order valence-corrected chi connectivity index (χ3v) is 14.6. The van der Waals surface area contributed by atoms with Crippen molar-refractivity contribution in [3.05, 3.63) is 108 Å². The molecule has 0 amide bonds. The topological polar surface area (TPSA) is 101 Å². The zero-order valence-corrected chi connectivity index (χ0v) is 37.9. The largest absolute Gasteiger partial charge is 0.460 e. The van der Waals surface area contributed by atoms with E-state index < -0.39 is 0 Å². The summed E-state index contributed by atoms with van der Waals surface area (Å²) in [4.78, 5) is 49.8. The van der Waals surface area contributed by atoms with E-state index in [-0.39, 0.29) is 68.9 Å². The van der Waals surface area contributed by atoms with E-state index in [0.717, 1.165) is 55.2 Å². The van der Waals surface area contributed by atoms with Crippen LogP contribution in [0.15, 0.2) is 91.0 Å². The van der Waals surface area contributed by atoms with Crippen molar-refractivity contribution in [3.8, 4) is 0 Å². The highest BCUT2D eigenvalue weighted by atomic mass is 16.5. The van der Waals surface area contributed by atoms with E-state index in [1.807, 2.05) is 91.0 Å². The van der Waals surface area contributed by atoms with Gasteiger partial charge in [-0.1, -0.05) is 149 Å². The van der Waals surface area contributed by atoms with Crippen molar-refractivity contribution in [2.45, 2.75) is 128 Å². The van der Waals surface area contributed by atoms with Gasteiger partial charge in [0.15, 0.2) is 0 Å². The van der Waals surface area contributed by atoms with Crippen LogP contribution in [-0.4, -0.2) is 103 Å². The average molecular weight is 863 g/mol. The maximum absolute atomic E-state index is 14.5. The van der Waals surface area contributed by atoms with Crippen LogP contribution < -0.4 is 5.32 Å². The van der Waals surface area contributed by atoms with Gasteiger partial charge < -0.3 is 19.5 Å². The zero-order chi connectivity index (χ0) is 43.5. The standard InChI is InChI=1S/C53H74N4O6/c58-49(61-40-43-19-7-1-8-20-43)37-55-33-31-54-32-34-57(39-51(60)63-42-45-23-11-3-12-24-45)53(47-27-15-5-16-28-47,48-29-17-6-18-30-48)52(46-25-13-4-14-26-46)56(36-35-55)38-50(59)62-41-44-21-9-2-10-22-44/h1-3,7-12,19-24,46-48,52,54H,4-6,13-18,25-42H2. The predicted octanol–water partition coefficient (Wildman–Crippen LogP) is 8.57. The highest BCUT2D eigenvalue weighted by molar-refractivity contribution is 5.73. The highest BCUT2D eigenvalue weighted by Gasteiger charge is 2.58. The van der Waals surface area contributed by atoms with Gasteiger partial charge in [-0.2, -0.15) is 0 Å². The molecule has 3 aromatic carbocycles. The van der Waals surface area contributed by atoms with E-state index in [2.05, 4.69) is 20.0 Å². The fourth-order valence-corrected chi connectivity index (χ4v) is 11.8. The number of hydrogen-bond acceptors (Lipinski definition) is 10. The normalized spacial score (nSPS) is 22.0. The first kappa shape index (κ1) is 46.9. The maximum atomic E-state index is 14.5. The number of carbonyl (C=O) groups excluding carboxylic acids is 3. The van der Waals surface area contributed by atoms with Crippen molar-refractivity contribution in [3.63, 3.8) is 0 Å². The number of rotatable bonds is 15. The molecular formula is C53H74N4O6. The molecular weight excluding hydrogens is 789 g/mol. The molecule has 3 aliphatic carbocycles. The predicted molar refractivity (Wildman–Crippen MR) is 247 cm³/mol. The molecule has 0 aromatic heterocycles. The molecule has 63 heavy (non-hydrogen) atoms. The molecule has 3 saturated carbocycles. The Morgan fingerprint density at radius 2 is 0.921 bits per heavy atom. The van der Waals surface area contributed by atoms with Gasteiger partial charge in [0.2, 0.25) is 0 Å². The smallest absolute Gasteiger partial charge is 0.320 e. The number of ether oxygens (including phenoxy) is 3. The minimum atomic E-state index is -0.380. The van der Waals surface area contributed by atoms with E-state index in [4.69, 9.17) is 14.2 Å². The van der Waals surface area contributed by atoms with Gasteiger partial charge in [-0.3, -0.25) is 29.1 Å². The van der Waals surface area contributed by atoms with E-state index >= 15 is 0 Å². The lowest BCUT2D eigenvalue weighted by Crippen LogP contribution is -2.73. The van der Waals surface area contributed by atoms with Gasteiger partial charge in [0.1, 0.15) is 19.8 Å². The molecule has 4 aliphatic rings. The first-order valence-electron chi connectivity index (χ1n) is 24.5. The number of benzene rings is 3. The van der Waals surface area contributed by atoms with Gasteiger partial charge >= 0.3 is 17.9 Å². The Hall–Kier alpha value is -4.09. The molecule has 10 heteroatoms. The van der Waals surface area contributed by atoms with Crippen molar-refractivity contribution < 1.29 is 28.6 Å². The molecule has 0 radical (unpaired) electrons. The summed E-state index contributed by atoms with van der Waals surface area (Å²) in [6.45, 7) is 5.19. The molecule has 1 saturated heterocycles. The van der Waals surface area contributed by atoms with Crippen molar-refractivity contribution in [1.82, 2.24) is 20.0 Å². The van der Waals surface area contributed by atoms with Crippen LogP contribution in [0.25, 0.3) is 0 Å². The summed E-state index contributed by atoms with van der Waals surface area (Å²) in [6.07, 6.45) is 17.4. The van der Waals surface area contributed by atoms with Crippen molar-refractivity contribution in [1.29, 1.82) is 0 Å². The van der Waals surface area contributed by atoms with Gasteiger partial charge in [0, 0.05) is 50.8 Å². The third-order valence-electron chi connectivity index (χ3n) is 14.6. The monoisotopic (exact) mass is 863 g/mol. The summed E-state index contributed by atoms with van der Waals surface area (Å²) in [7, 11) is 0. The summed E-state index contributed by atoms with van der Waals surface area (Å²) >= 11 is 0. The Bertz CT molecular complexity index is 1780. The second kappa shape index (κ2) is 24.8. The lowest BCUT2D eigenvalue weighted by atomic mass is 9.56. The molecule has 1 heterocycles. The van der Waals surface area contributed by atoms with E-state index in [1.165, 1.54) is 57.8 Å². The Balaban J connectivity index is 1.28. The second-order valence-electron chi connectivity index (χ2n) is 18.8. The van der Waals surface area contributed by atoms with Crippen molar-refractivity contribution in [2.24, 2.45) is 17.8 Å². The zero-order valence-electron chi connectivity index (χ0n) is 37.9. The Labute approximate surface area is 377 Å². The minimum absolute atomic E-state index is 0.00140. The number of carbonyl (C=O) groups is 3. The van der Waals surface area contributed by atoms with E-state index in [0.29, 0.717) is 57.0 Å². The summed E-state index contributed by atoms with van der Waals surface area (Å²) in [6, 6.07) is 29.8. The van der Waals surface area contributed by atoms with Crippen LogP contribution in [0.1, 0.15) is 113 Å². The van der Waals surface area contributed by atoms with Crippen LogP contribution in [0.2, 0.25) is 0 Å². The molecule has 342 valence electrons. The number of nitrogens with zero attached hydrogens (tertiary/aromatic N) is 3. The van der Waals surface area contributed by atoms with Crippen LogP contribution >= 0.6 is 0 Å². The molecule has 4 fully saturated rings. The Morgan fingerprint density at radius 1 is 0.492 bits per heavy atom. The first-order chi connectivity index (χ1) is 31.0. The molecule has 7 rings (SSSR count). The third kappa shape index (κ3) is 13.5. The van der Waals surface area contributed by atoms with Gasteiger partial charge in [-0.15, -0.1) is 0 Å². The van der Waals surface area contributed by atoms with Crippen LogP contribution in [0.4, 0.5) is 0 Å². The van der Waals surface area contributed by atoms with Crippen molar-refractivity contribution >= 4 is 17.9 Å². The lowest BCUT2D eigenvalue weighted by Gasteiger charge is -2.63. The van der Waals surface area contributed by atoms with Crippen LogP contribution in [0.5, 0.6) is 0 Å². The number of hydrogen-bond donors (Lipinski definition) is 1. The molecule has 10 nitrogen and oxygen atoms in total. The summed E-state index contributed by atoms with van der Waals surface area (Å²) in [5.41, 5.74) is 2.54. The van der Waals surface area contributed by atoms with Crippen LogP contribution in [0, 0.1) is 17.8 Å². The van der Waals surface area contributed by atoms with Gasteiger partial charge in [0.25, 0.3) is 0 Å². The summed E-state index contributed by atoms with van der Waals surface area (Å²) in [5, 5.41) is 3.76. The molecule has 1 aliphatic heterocycles. The molecule has 0 spiro atoms. The fourth-order valence-electron chi connectivity index (χ4n) is 11.8. The van der Waals surface area contributed by atoms with E-state index in [9.17, 15) is 14.4 Å². The van der Waals surface area contributed by atoms with Crippen molar-refractivity contribution in [2.75, 3.05) is 58.9 Å². The SMILES string of the molecule is O=C(CN1CCNCCN(CC(=O)OCc2ccccc2)C(C2CCCCC2)(C2CCCCC2)C(C2CCCCC2)N(CC(=O)OCc2ccccc2)CC1)OCc1ccccc1. The molecule has 0 bridgehead atoms. The van der Waals surface area contributed by atoms with Crippen LogP contribution in [0.3, 0.4) is 0 Å². The molecule has 1 N–H and O–H groups in total. The lowest BCUT2D eigenvalue weighted by molar-refractivity contribution is -0.164. The highest BCUT2D eigenvalue weighted by Crippen LogP contribution is 2.53. The molecule has 1 unspecified atom stereocenters. The maximum Gasteiger partial charge on any atom is 0.320 e. The van der Waals surface area contributed by atoms with E-state index in [1.54, 1.807) is 0 Å². The second-order valence-corrected chi connectivity index (χ2v) is 18.8. The first-order valence-corrected chi connectivity index (χ1v) is 24.5. The Morgan fingerprint density at radius 3 is 1.41 bits per heavy atom. The average Bonchev–Trinajstić information content (AvgIpc) is 3.33. The summed E-state index contributed by atoms with van der Waals surface area (Å²) in [5.74, 6) is 0.404. The number of esters is 3. The van der Waals surface area contributed by atoms with Gasteiger partial charge in [0.05, 0.1) is 19.6 Å². The van der Waals surface area contributed by atoms with Gasteiger partial charge in [-0.05, 0) is 73.0 Å². The fraction of sp³-hybridized carbons (Fsp3) is 0.604. The summed E-state index contributed by atoms with van der Waals surface area (Å²) < 4.78 is 18.2. The molecule has 1 atom stereocenters. The minimum Gasteiger partial charge on any atom is -0.460 e. The number of nitrogens with one attached hydrogen (secondary N) is 1. The van der Waals surface area contributed by atoms with Crippen LogP contribution in [-0.2, 0) is 48.4 Å². The Kier molecular flexibility index (Phi) is 18.5. The molecule has 3 aromatic rings.